The predicted octanol–water partition coefficient (Wildman–Crippen LogP) is 2.45. The lowest BCUT2D eigenvalue weighted by molar-refractivity contribution is -0.120. The minimum Gasteiger partial charge on any atom is -0.356 e. The van der Waals surface area contributed by atoms with Gasteiger partial charge in [-0.15, -0.1) is 0 Å². The lowest BCUT2D eigenvalue weighted by Gasteiger charge is -2.26. The average Bonchev–Trinajstić information content (AvgIpc) is 2.68. The first-order chi connectivity index (χ1) is 12.5. The van der Waals surface area contributed by atoms with Crippen LogP contribution in [0.15, 0.2) is 65.7 Å². The molecule has 0 heterocycles. The molecule has 0 saturated heterocycles. The summed E-state index contributed by atoms with van der Waals surface area (Å²) < 4.78 is 0. The number of hydrogen-bond donors (Lipinski definition) is 3. The molecule has 26 heavy (non-hydrogen) atoms. The zero-order chi connectivity index (χ0) is 18.8. The number of rotatable bonds is 7. The van der Waals surface area contributed by atoms with E-state index in [0.717, 1.165) is 5.56 Å². The molecule has 2 aromatic rings. The Labute approximate surface area is 155 Å². The molecule has 0 fully saturated rings. The molecule has 3 N–H and O–H groups in total. The fraction of sp³-hybridized carbons (Fsp3) is 0.333. The van der Waals surface area contributed by atoms with Crippen molar-refractivity contribution in [3.05, 3.63) is 71.8 Å². The van der Waals surface area contributed by atoms with Gasteiger partial charge in [-0.3, -0.25) is 9.79 Å². The minimum absolute atomic E-state index is 0.0472. The summed E-state index contributed by atoms with van der Waals surface area (Å²) in [6, 6.07) is 20.2. The van der Waals surface area contributed by atoms with Crippen molar-refractivity contribution in [1.29, 1.82) is 0 Å². The number of nitrogens with zero attached hydrogens (tertiary/aromatic N) is 1. The summed E-state index contributed by atoms with van der Waals surface area (Å²) >= 11 is 0. The van der Waals surface area contributed by atoms with Gasteiger partial charge in [0.2, 0.25) is 5.91 Å². The van der Waals surface area contributed by atoms with Gasteiger partial charge in [-0.1, -0.05) is 74.5 Å². The Balaban J connectivity index is 1.76. The molecule has 2 aromatic carbocycles. The highest BCUT2D eigenvalue weighted by Gasteiger charge is 2.20. The van der Waals surface area contributed by atoms with E-state index in [1.165, 1.54) is 5.56 Å². The van der Waals surface area contributed by atoms with Crippen molar-refractivity contribution in [2.75, 3.05) is 20.1 Å². The van der Waals surface area contributed by atoms with Crippen molar-refractivity contribution in [2.24, 2.45) is 4.99 Å². The summed E-state index contributed by atoms with van der Waals surface area (Å²) in [7, 11) is 1.70. The van der Waals surface area contributed by atoms with E-state index in [1.54, 1.807) is 7.05 Å². The maximum atomic E-state index is 12.0. The molecule has 0 saturated carbocycles. The number of hydrogen-bond acceptors (Lipinski definition) is 2. The third-order valence-corrected chi connectivity index (χ3v) is 4.23. The molecule has 0 spiro atoms. The summed E-state index contributed by atoms with van der Waals surface area (Å²) in [5.41, 5.74) is 2.28. The molecule has 5 heteroatoms. The van der Waals surface area contributed by atoms with Crippen LogP contribution in [0.4, 0.5) is 0 Å². The zero-order valence-electron chi connectivity index (χ0n) is 15.8. The molecule has 0 bridgehead atoms. The van der Waals surface area contributed by atoms with Crippen LogP contribution < -0.4 is 16.0 Å². The fourth-order valence-electron chi connectivity index (χ4n) is 2.54. The molecule has 0 atom stereocenters. The number of amides is 1. The first kappa shape index (κ1) is 19.5. The monoisotopic (exact) mass is 352 g/mol. The SMILES string of the molecule is CN=C(NCC(=O)NCc1ccccc1)NCC(C)(C)c1ccccc1. The van der Waals surface area contributed by atoms with Gasteiger partial charge in [0.15, 0.2) is 5.96 Å². The van der Waals surface area contributed by atoms with Crippen LogP contribution in [0, 0.1) is 0 Å². The van der Waals surface area contributed by atoms with Crippen molar-refractivity contribution in [3.63, 3.8) is 0 Å². The van der Waals surface area contributed by atoms with Crippen LogP contribution in [0.1, 0.15) is 25.0 Å². The smallest absolute Gasteiger partial charge is 0.239 e. The van der Waals surface area contributed by atoms with E-state index in [-0.39, 0.29) is 17.9 Å². The molecule has 0 radical (unpaired) electrons. The highest BCUT2D eigenvalue weighted by molar-refractivity contribution is 5.86. The van der Waals surface area contributed by atoms with Crippen molar-refractivity contribution in [3.8, 4) is 0 Å². The number of carbonyl (C=O) groups excluding carboxylic acids is 1. The van der Waals surface area contributed by atoms with E-state index in [2.05, 4.69) is 46.9 Å². The largest absolute Gasteiger partial charge is 0.356 e. The average molecular weight is 352 g/mol. The Morgan fingerprint density at radius 2 is 1.54 bits per heavy atom. The summed E-state index contributed by atoms with van der Waals surface area (Å²) in [5.74, 6) is 0.544. The van der Waals surface area contributed by atoms with Crippen molar-refractivity contribution in [2.45, 2.75) is 25.8 Å². The number of guanidine groups is 1. The molecule has 0 aliphatic rings. The van der Waals surface area contributed by atoms with E-state index in [1.807, 2.05) is 48.5 Å². The first-order valence-corrected chi connectivity index (χ1v) is 8.82. The van der Waals surface area contributed by atoms with Crippen molar-refractivity contribution >= 4 is 11.9 Å². The molecule has 0 aliphatic carbocycles. The number of carbonyl (C=O) groups is 1. The summed E-state index contributed by atoms with van der Waals surface area (Å²) in [6.07, 6.45) is 0. The molecule has 0 aliphatic heterocycles. The predicted molar refractivity (Wildman–Crippen MR) is 107 cm³/mol. The Kier molecular flexibility index (Phi) is 7.21. The van der Waals surface area contributed by atoms with Gasteiger partial charge in [0.05, 0.1) is 6.54 Å². The third-order valence-electron chi connectivity index (χ3n) is 4.23. The molecule has 138 valence electrons. The highest BCUT2D eigenvalue weighted by Crippen LogP contribution is 2.21. The molecule has 0 aromatic heterocycles. The maximum absolute atomic E-state index is 12.0. The van der Waals surface area contributed by atoms with E-state index < -0.39 is 0 Å². The molecule has 0 unspecified atom stereocenters. The second-order valence-electron chi connectivity index (χ2n) is 6.79. The Morgan fingerprint density at radius 3 is 2.15 bits per heavy atom. The summed E-state index contributed by atoms with van der Waals surface area (Å²) in [4.78, 5) is 16.2. The minimum atomic E-state index is -0.0703. The van der Waals surface area contributed by atoms with Gasteiger partial charge in [0.25, 0.3) is 0 Å². The van der Waals surface area contributed by atoms with Crippen LogP contribution in [-0.4, -0.2) is 32.0 Å². The number of benzene rings is 2. The standard InChI is InChI=1S/C21H28N4O/c1-21(2,18-12-8-5-9-13-18)16-25-20(22-3)24-15-19(26)23-14-17-10-6-4-7-11-17/h4-13H,14-16H2,1-3H3,(H,23,26)(H2,22,24,25). The third kappa shape index (κ3) is 6.24. The van der Waals surface area contributed by atoms with Gasteiger partial charge >= 0.3 is 0 Å². The van der Waals surface area contributed by atoms with Gasteiger partial charge in [-0.25, -0.2) is 0 Å². The molecule has 5 nitrogen and oxygen atoms in total. The summed E-state index contributed by atoms with van der Waals surface area (Å²) in [5, 5.41) is 9.24. The van der Waals surface area contributed by atoms with Crippen LogP contribution >= 0.6 is 0 Å². The zero-order valence-corrected chi connectivity index (χ0v) is 15.8. The Hall–Kier alpha value is -2.82. The second-order valence-corrected chi connectivity index (χ2v) is 6.79. The van der Waals surface area contributed by atoms with Crippen LogP contribution in [0.3, 0.4) is 0 Å². The molecule has 1 amide bonds. The van der Waals surface area contributed by atoms with Crippen LogP contribution in [0.25, 0.3) is 0 Å². The number of nitrogens with one attached hydrogen (secondary N) is 3. The van der Waals surface area contributed by atoms with Gasteiger partial charge in [-0.2, -0.15) is 0 Å². The fourth-order valence-corrected chi connectivity index (χ4v) is 2.54. The topological polar surface area (TPSA) is 65.5 Å². The van der Waals surface area contributed by atoms with E-state index in [4.69, 9.17) is 0 Å². The van der Waals surface area contributed by atoms with Crippen molar-refractivity contribution < 1.29 is 4.79 Å². The molecule has 2 rings (SSSR count). The lowest BCUT2D eigenvalue weighted by atomic mass is 9.85. The first-order valence-electron chi connectivity index (χ1n) is 8.82. The number of aliphatic imine (C=N–C) groups is 1. The van der Waals surface area contributed by atoms with E-state index in [9.17, 15) is 4.79 Å². The van der Waals surface area contributed by atoms with Gasteiger partial charge in [-0.05, 0) is 11.1 Å². The maximum Gasteiger partial charge on any atom is 0.239 e. The van der Waals surface area contributed by atoms with Gasteiger partial charge < -0.3 is 16.0 Å². The quantitative estimate of drug-likeness (QED) is 0.530. The Bertz CT molecular complexity index is 711. The highest BCUT2D eigenvalue weighted by atomic mass is 16.1. The Morgan fingerprint density at radius 1 is 0.923 bits per heavy atom. The van der Waals surface area contributed by atoms with Crippen molar-refractivity contribution in [1.82, 2.24) is 16.0 Å². The van der Waals surface area contributed by atoms with E-state index >= 15 is 0 Å². The molecular formula is C21H28N4O. The van der Waals surface area contributed by atoms with Crippen LogP contribution in [0.2, 0.25) is 0 Å². The molecular weight excluding hydrogens is 324 g/mol. The van der Waals surface area contributed by atoms with Crippen LogP contribution in [0.5, 0.6) is 0 Å². The van der Waals surface area contributed by atoms with E-state index in [0.29, 0.717) is 19.0 Å². The second kappa shape index (κ2) is 9.61. The normalized spacial score (nSPS) is 11.7. The summed E-state index contributed by atoms with van der Waals surface area (Å²) in [6.45, 7) is 5.76. The lowest BCUT2D eigenvalue weighted by Crippen LogP contribution is -2.46. The van der Waals surface area contributed by atoms with Gasteiger partial charge in [0.1, 0.15) is 0 Å². The van der Waals surface area contributed by atoms with Gasteiger partial charge in [0, 0.05) is 25.6 Å². The van der Waals surface area contributed by atoms with Crippen LogP contribution in [-0.2, 0) is 16.8 Å².